The Morgan fingerprint density at radius 2 is 1.84 bits per heavy atom. The molecule has 1 aromatic carbocycles. The third-order valence-electron chi connectivity index (χ3n) is 6.48. The lowest BCUT2D eigenvalue weighted by molar-refractivity contribution is -0.386. The molecule has 1 atom stereocenters. The lowest BCUT2D eigenvalue weighted by atomic mass is 9.93. The minimum absolute atomic E-state index is 0.0141. The molecule has 0 spiro atoms. The molecule has 10 heteroatoms. The van der Waals surface area contributed by atoms with Crippen LogP contribution in [0.15, 0.2) is 12.1 Å². The number of esters is 1. The van der Waals surface area contributed by atoms with Gasteiger partial charge in [-0.05, 0) is 38.7 Å². The van der Waals surface area contributed by atoms with Gasteiger partial charge in [-0.3, -0.25) is 24.6 Å². The number of ether oxygens (including phenoxy) is 3. The van der Waals surface area contributed by atoms with Crippen molar-refractivity contribution in [2.45, 2.75) is 57.5 Å². The fourth-order valence-corrected chi connectivity index (χ4v) is 4.83. The first-order valence-electron chi connectivity index (χ1n) is 11.3. The third-order valence-corrected chi connectivity index (χ3v) is 6.48. The van der Waals surface area contributed by atoms with Gasteiger partial charge >= 0.3 is 5.97 Å². The van der Waals surface area contributed by atoms with Crippen LogP contribution in [0.3, 0.4) is 0 Å². The summed E-state index contributed by atoms with van der Waals surface area (Å²) in [6.45, 7) is 3.00. The summed E-state index contributed by atoms with van der Waals surface area (Å²) in [5, 5.41) is 15.0. The molecule has 1 amide bonds. The number of hydrogen-bond acceptors (Lipinski definition) is 8. The molecule has 0 bridgehead atoms. The highest BCUT2D eigenvalue weighted by molar-refractivity contribution is 5.85. The molecular formula is C22H29N3O7. The van der Waals surface area contributed by atoms with E-state index < -0.39 is 11.0 Å². The molecule has 1 aromatic rings. The highest BCUT2D eigenvalue weighted by Gasteiger charge is 2.39. The fraction of sp³-hybridized carbons (Fsp3) is 0.636. The van der Waals surface area contributed by atoms with Gasteiger partial charge in [-0.2, -0.15) is 0 Å². The Balaban J connectivity index is 1.62. The third kappa shape index (κ3) is 4.64. The van der Waals surface area contributed by atoms with Gasteiger partial charge in [-0.25, -0.2) is 0 Å². The van der Waals surface area contributed by atoms with E-state index in [4.69, 9.17) is 14.2 Å². The van der Waals surface area contributed by atoms with Gasteiger partial charge in [-0.1, -0.05) is 12.8 Å². The molecule has 2 heterocycles. The van der Waals surface area contributed by atoms with Crippen molar-refractivity contribution in [1.82, 2.24) is 10.2 Å². The first-order valence-corrected chi connectivity index (χ1v) is 11.3. The lowest BCUT2D eigenvalue weighted by Gasteiger charge is -2.36. The van der Waals surface area contributed by atoms with E-state index in [1.807, 2.05) is 4.90 Å². The average molecular weight is 447 g/mol. The molecule has 3 aliphatic rings. The van der Waals surface area contributed by atoms with E-state index in [0.29, 0.717) is 44.0 Å². The summed E-state index contributed by atoms with van der Waals surface area (Å²) in [6.07, 6.45) is 5.00. The molecule has 2 aliphatic heterocycles. The van der Waals surface area contributed by atoms with Gasteiger partial charge in [0.25, 0.3) is 5.69 Å². The molecule has 0 aromatic heterocycles. The van der Waals surface area contributed by atoms with Crippen LogP contribution in [0, 0.1) is 16.0 Å². The second-order valence-electron chi connectivity index (χ2n) is 8.48. The number of carbonyl (C=O) groups is 2. The Kier molecular flexibility index (Phi) is 6.78. The van der Waals surface area contributed by atoms with Crippen LogP contribution in [0.1, 0.15) is 57.1 Å². The van der Waals surface area contributed by atoms with E-state index >= 15 is 0 Å². The highest BCUT2D eigenvalue weighted by Crippen LogP contribution is 2.42. The van der Waals surface area contributed by atoms with E-state index in [9.17, 15) is 19.7 Å². The van der Waals surface area contributed by atoms with Crippen molar-refractivity contribution in [2.75, 3.05) is 26.5 Å². The lowest BCUT2D eigenvalue weighted by Crippen LogP contribution is -2.47. The van der Waals surface area contributed by atoms with Crippen LogP contribution in [-0.2, 0) is 14.3 Å². The van der Waals surface area contributed by atoms with Crippen LogP contribution >= 0.6 is 0 Å². The van der Waals surface area contributed by atoms with Crippen molar-refractivity contribution in [3.63, 3.8) is 0 Å². The van der Waals surface area contributed by atoms with Gasteiger partial charge in [0, 0.05) is 19.1 Å². The van der Waals surface area contributed by atoms with Crippen molar-refractivity contribution >= 4 is 17.6 Å². The summed E-state index contributed by atoms with van der Waals surface area (Å²) in [6, 6.07) is 2.11. The molecule has 2 fully saturated rings. The highest BCUT2D eigenvalue weighted by atomic mass is 16.7. The van der Waals surface area contributed by atoms with Gasteiger partial charge in [0.1, 0.15) is 6.04 Å². The summed E-state index contributed by atoms with van der Waals surface area (Å²) in [4.78, 5) is 38.9. The minimum Gasteiger partial charge on any atom is -0.466 e. The largest absolute Gasteiger partial charge is 0.466 e. The van der Waals surface area contributed by atoms with Crippen molar-refractivity contribution in [1.29, 1.82) is 0 Å². The van der Waals surface area contributed by atoms with Gasteiger partial charge in [0.2, 0.25) is 12.7 Å². The van der Waals surface area contributed by atoms with Crippen molar-refractivity contribution in [3.05, 3.63) is 27.8 Å². The molecule has 32 heavy (non-hydrogen) atoms. The summed E-state index contributed by atoms with van der Waals surface area (Å²) in [5.41, 5.74) is 0.109. The summed E-state index contributed by atoms with van der Waals surface area (Å²) in [7, 11) is 0. The number of benzene rings is 1. The topological polar surface area (TPSA) is 120 Å². The summed E-state index contributed by atoms with van der Waals surface area (Å²) >= 11 is 0. The Morgan fingerprint density at radius 3 is 2.47 bits per heavy atom. The zero-order chi connectivity index (χ0) is 22.7. The zero-order valence-corrected chi connectivity index (χ0v) is 18.2. The monoisotopic (exact) mass is 447 g/mol. The average Bonchev–Trinajstić information content (AvgIpc) is 3.45. The van der Waals surface area contributed by atoms with E-state index in [0.717, 1.165) is 25.7 Å². The molecule has 1 saturated heterocycles. The maximum atomic E-state index is 13.5. The number of amides is 1. The first-order chi connectivity index (χ1) is 15.5. The second-order valence-corrected chi connectivity index (χ2v) is 8.48. The predicted octanol–water partition coefficient (Wildman–Crippen LogP) is 2.70. The summed E-state index contributed by atoms with van der Waals surface area (Å²) in [5.74, 6) is -0.0137. The summed E-state index contributed by atoms with van der Waals surface area (Å²) < 4.78 is 15.9. The van der Waals surface area contributed by atoms with Crippen molar-refractivity contribution in [2.24, 2.45) is 5.92 Å². The molecule has 1 aliphatic carbocycles. The number of nitrogens with zero attached hydrogens (tertiary/aromatic N) is 2. The number of fused-ring (bicyclic) bond motifs is 1. The van der Waals surface area contributed by atoms with E-state index in [2.05, 4.69) is 5.32 Å². The zero-order valence-electron chi connectivity index (χ0n) is 18.2. The van der Waals surface area contributed by atoms with E-state index in [-0.39, 0.29) is 41.9 Å². The van der Waals surface area contributed by atoms with Crippen LogP contribution in [0.5, 0.6) is 11.5 Å². The smallest absolute Gasteiger partial charge is 0.309 e. The normalized spacial score (nSPS) is 20.2. The van der Waals surface area contributed by atoms with E-state index in [1.165, 1.54) is 6.07 Å². The Hall–Kier alpha value is -2.88. The van der Waals surface area contributed by atoms with Gasteiger partial charge in [-0.15, -0.1) is 0 Å². The molecule has 1 N–H and O–H groups in total. The van der Waals surface area contributed by atoms with E-state index in [1.54, 1.807) is 13.0 Å². The fourth-order valence-electron chi connectivity index (χ4n) is 4.83. The first kappa shape index (κ1) is 22.3. The Bertz CT molecular complexity index is 877. The predicted molar refractivity (Wildman–Crippen MR) is 113 cm³/mol. The molecular weight excluding hydrogens is 418 g/mol. The maximum Gasteiger partial charge on any atom is 0.309 e. The van der Waals surface area contributed by atoms with Crippen LogP contribution < -0.4 is 14.8 Å². The van der Waals surface area contributed by atoms with Crippen LogP contribution in [0.4, 0.5) is 5.69 Å². The number of piperidine rings is 1. The Morgan fingerprint density at radius 1 is 1.19 bits per heavy atom. The number of nitro groups is 1. The van der Waals surface area contributed by atoms with Crippen LogP contribution in [0.25, 0.3) is 0 Å². The molecule has 0 radical (unpaired) electrons. The van der Waals surface area contributed by atoms with Crippen molar-refractivity contribution < 1.29 is 28.7 Å². The molecule has 174 valence electrons. The molecule has 1 saturated carbocycles. The van der Waals surface area contributed by atoms with Gasteiger partial charge in [0.15, 0.2) is 11.5 Å². The number of likely N-dealkylation sites (tertiary alicyclic amines) is 1. The SMILES string of the molecule is CCOC(=O)C1CCN([C@H](C(=O)NC2CCCC2)c2cc3c(cc2[N+](=O)[O-])OCO3)CC1. The molecule has 0 unspecified atom stereocenters. The second kappa shape index (κ2) is 9.72. The Labute approximate surface area is 186 Å². The van der Waals surface area contributed by atoms with Crippen LogP contribution in [-0.4, -0.2) is 54.2 Å². The number of carbonyl (C=O) groups excluding carboxylic acids is 2. The molecule has 4 rings (SSSR count). The quantitative estimate of drug-likeness (QED) is 0.385. The van der Waals surface area contributed by atoms with Crippen LogP contribution in [0.2, 0.25) is 0 Å². The standard InChI is InChI=1S/C22H29N3O7/c1-2-30-22(27)14-7-9-24(10-8-14)20(21(26)23-15-5-3-4-6-15)16-11-18-19(32-13-31-18)12-17(16)25(28)29/h11-12,14-15,20H,2-10,13H2,1H3,(H,23,26)/t20-/m0/s1. The maximum absolute atomic E-state index is 13.5. The number of rotatable bonds is 7. The minimum atomic E-state index is -0.853. The number of nitrogens with one attached hydrogen (secondary N) is 1. The number of hydrogen-bond donors (Lipinski definition) is 1. The number of nitro benzene ring substituents is 1. The van der Waals surface area contributed by atoms with Gasteiger partial charge in [0.05, 0.1) is 29.1 Å². The molecule has 10 nitrogen and oxygen atoms in total. The van der Waals surface area contributed by atoms with Gasteiger partial charge < -0.3 is 19.5 Å². The van der Waals surface area contributed by atoms with Crippen molar-refractivity contribution in [3.8, 4) is 11.5 Å².